The monoisotopic (exact) mass is 428 g/mol. The van der Waals surface area contributed by atoms with Crippen LogP contribution in [0.3, 0.4) is 0 Å². The Bertz CT molecular complexity index is 982. The van der Waals surface area contributed by atoms with Crippen LogP contribution in [0.25, 0.3) is 11.3 Å². The highest BCUT2D eigenvalue weighted by molar-refractivity contribution is 5.95. The van der Waals surface area contributed by atoms with Crippen LogP contribution >= 0.6 is 0 Å². The Kier molecular flexibility index (Phi) is 5.54. The van der Waals surface area contributed by atoms with Crippen molar-refractivity contribution in [2.24, 2.45) is 0 Å². The van der Waals surface area contributed by atoms with Gasteiger partial charge in [-0.25, -0.2) is 0 Å². The van der Waals surface area contributed by atoms with Gasteiger partial charge in [-0.3, -0.25) is 14.3 Å². The van der Waals surface area contributed by atoms with Gasteiger partial charge in [0.25, 0.3) is 5.91 Å². The number of aryl methyl sites for hydroxylation is 2. The van der Waals surface area contributed by atoms with Gasteiger partial charge in [-0.15, -0.1) is 0 Å². The second-order valence-electron chi connectivity index (χ2n) is 8.40. The molecule has 2 aromatic rings. The number of hydrogen-bond acceptors (Lipinski definition) is 6. The van der Waals surface area contributed by atoms with Gasteiger partial charge in [0, 0.05) is 50.0 Å². The molecule has 0 aromatic carbocycles. The third-order valence-corrected chi connectivity index (χ3v) is 6.26. The summed E-state index contributed by atoms with van der Waals surface area (Å²) in [6, 6.07) is 0. The number of nitrogens with zero attached hydrogens (tertiary/aromatic N) is 3. The highest BCUT2D eigenvalue weighted by atomic mass is 16.5. The minimum atomic E-state index is -0.0929. The minimum Gasteiger partial charge on any atom is -0.455 e. The molecule has 9 heteroatoms. The van der Waals surface area contributed by atoms with E-state index in [-0.39, 0.29) is 24.5 Å². The van der Waals surface area contributed by atoms with Crippen LogP contribution in [0, 0.1) is 6.92 Å². The Labute approximate surface area is 180 Å². The lowest BCUT2D eigenvalue weighted by molar-refractivity contribution is -0.122. The second-order valence-corrected chi connectivity index (χ2v) is 8.40. The lowest BCUT2D eigenvalue weighted by atomic mass is 9.93. The maximum absolute atomic E-state index is 13.0. The number of carbonyl (C=O) groups excluding carboxylic acids is 2. The summed E-state index contributed by atoms with van der Waals surface area (Å²) in [5.74, 6) is 1.02. The van der Waals surface area contributed by atoms with Gasteiger partial charge in [-0.05, 0) is 31.7 Å². The first-order chi connectivity index (χ1) is 15.1. The van der Waals surface area contributed by atoms with Crippen LogP contribution in [-0.2, 0) is 33.7 Å². The van der Waals surface area contributed by atoms with Gasteiger partial charge in [-0.1, -0.05) is 0 Å². The molecule has 31 heavy (non-hydrogen) atoms. The molecule has 0 saturated carbocycles. The molecule has 1 atom stereocenters. The molecule has 2 aromatic heterocycles. The van der Waals surface area contributed by atoms with E-state index < -0.39 is 0 Å². The number of aromatic nitrogens is 2. The number of fused-ring (bicyclic) bond motifs is 3. The van der Waals surface area contributed by atoms with Crippen molar-refractivity contribution in [2.75, 3.05) is 39.5 Å². The highest BCUT2D eigenvalue weighted by Crippen LogP contribution is 2.38. The minimum absolute atomic E-state index is 0.0809. The first kappa shape index (κ1) is 20.3. The highest BCUT2D eigenvalue weighted by Gasteiger charge is 2.32. The summed E-state index contributed by atoms with van der Waals surface area (Å²) in [4.78, 5) is 27.1. The van der Waals surface area contributed by atoms with E-state index in [1.54, 1.807) is 9.58 Å². The predicted octanol–water partition coefficient (Wildman–Crippen LogP) is 1.32. The molecule has 4 heterocycles. The fraction of sp³-hybridized carbons (Fsp3) is 0.591. The molecule has 1 unspecified atom stereocenters. The molecule has 1 N–H and O–H groups in total. The van der Waals surface area contributed by atoms with Crippen LogP contribution < -0.4 is 5.32 Å². The lowest BCUT2D eigenvalue weighted by Crippen LogP contribution is -2.40. The number of furan rings is 1. The van der Waals surface area contributed by atoms with Crippen LogP contribution in [0.1, 0.15) is 40.3 Å². The smallest absolute Gasteiger partial charge is 0.290 e. The number of ether oxygens (including phenoxy) is 2. The largest absolute Gasteiger partial charge is 0.455 e. The Morgan fingerprint density at radius 2 is 2.06 bits per heavy atom. The maximum atomic E-state index is 13.0. The number of amides is 2. The summed E-state index contributed by atoms with van der Waals surface area (Å²) in [5.41, 5.74) is 3.61. The number of rotatable bonds is 5. The Morgan fingerprint density at radius 3 is 2.84 bits per heavy atom. The number of nitrogens with one attached hydrogen (secondary N) is 1. The van der Waals surface area contributed by atoms with Gasteiger partial charge >= 0.3 is 0 Å². The number of carbonyl (C=O) groups is 2. The Morgan fingerprint density at radius 1 is 1.23 bits per heavy atom. The molecule has 9 nitrogen and oxygen atoms in total. The standard InChI is InChI=1S/C22H28N4O5/c1-14-19-17(31-21(14)22(28)25-6-9-29-10-7-25)5-4-15-12-26(24-20(15)19)13-18(27)23-11-16-3-2-8-30-16/h12,16H,2-11,13H2,1H3,(H,23,27). The van der Waals surface area contributed by atoms with Crippen molar-refractivity contribution in [3.05, 3.63) is 28.8 Å². The first-order valence-corrected chi connectivity index (χ1v) is 11.0. The van der Waals surface area contributed by atoms with E-state index in [0.717, 1.165) is 60.4 Å². The van der Waals surface area contributed by atoms with Crippen molar-refractivity contribution < 1.29 is 23.5 Å². The topological polar surface area (TPSA) is 98.8 Å². The van der Waals surface area contributed by atoms with Crippen LogP contribution in [0.2, 0.25) is 0 Å². The van der Waals surface area contributed by atoms with Crippen molar-refractivity contribution in [1.29, 1.82) is 0 Å². The van der Waals surface area contributed by atoms with Gasteiger partial charge in [0.05, 0.1) is 25.0 Å². The van der Waals surface area contributed by atoms with Crippen LogP contribution in [0.15, 0.2) is 10.6 Å². The zero-order chi connectivity index (χ0) is 21.4. The summed E-state index contributed by atoms with van der Waals surface area (Å²) in [6.45, 7) is 5.63. The van der Waals surface area contributed by atoms with Crippen LogP contribution in [-0.4, -0.2) is 72.1 Å². The molecule has 0 radical (unpaired) electrons. The van der Waals surface area contributed by atoms with E-state index in [1.807, 2.05) is 13.1 Å². The van der Waals surface area contributed by atoms with Gasteiger partial charge < -0.3 is 24.1 Å². The number of hydrogen-bond donors (Lipinski definition) is 1. The third-order valence-electron chi connectivity index (χ3n) is 6.26. The quantitative estimate of drug-likeness (QED) is 0.771. The summed E-state index contributed by atoms with van der Waals surface area (Å²) in [7, 11) is 0. The third kappa shape index (κ3) is 3.99. The molecule has 3 aliphatic rings. The molecule has 2 aliphatic heterocycles. The van der Waals surface area contributed by atoms with E-state index in [2.05, 4.69) is 10.4 Å². The van der Waals surface area contributed by atoms with Crippen molar-refractivity contribution in [3.63, 3.8) is 0 Å². The summed E-state index contributed by atoms with van der Waals surface area (Å²) in [5, 5.41) is 7.61. The van der Waals surface area contributed by atoms with Crippen molar-refractivity contribution in [2.45, 2.75) is 45.3 Å². The molecule has 2 saturated heterocycles. The van der Waals surface area contributed by atoms with Gasteiger partial charge in [0.1, 0.15) is 12.3 Å². The maximum Gasteiger partial charge on any atom is 0.290 e. The molecule has 2 amide bonds. The molecular formula is C22H28N4O5. The summed E-state index contributed by atoms with van der Waals surface area (Å²) < 4.78 is 18.6. The van der Waals surface area contributed by atoms with Crippen molar-refractivity contribution in [3.8, 4) is 11.3 Å². The second kappa shape index (κ2) is 8.47. The Hall–Kier alpha value is -2.65. The van der Waals surface area contributed by atoms with Crippen molar-refractivity contribution >= 4 is 11.8 Å². The fourth-order valence-electron chi connectivity index (χ4n) is 4.59. The van der Waals surface area contributed by atoms with Crippen LogP contribution in [0.5, 0.6) is 0 Å². The van der Waals surface area contributed by atoms with E-state index in [1.165, 1.54) is 0 Å². The summed E-state index contributed by atoms with van der Waals surface area (Å²) in [6.07, 6.45) is 5.58. The van der Waals surface area contributed by atoms with Crippen LogP contribution in [0.4, 0.5) is 0 Å². The molecule has 1 aliphatic carbocycles. The van der Waals surface area contributed by atoms with Gasteiger partial charge in [0.2, 0.25) is 5.91 Å². The average Bonchev–Trinajstić information content (AvgIpc) is 3.51. The molecule has 0 bridgehead atoms. The molecular weight excluding hydrogens is 400 g/mol. The Balaban J connectivity index is 1.32. The average molecular weight is 428 g/mol. The summed E-state index contributed by atoms with van der Waals surface area (Å²) >= 11 is 0. The zero-order valence-corrected chi connectivity index (χ0v) is 17.8. The van der Waals surface area contributed by atoms with E-state index in [9.17, 15) is 9.59 Å². The van der Waals surface area contributed by atoms with Gasteiger partial charge in [0.15, 0.2) is 5.76 Å². The first-order valence-electron chi connectivity index (χ1n) is 11.0. The lowest BCUT2D eigenvalue weighted by Gasteiger charge is -2.26. The molecule has 2 fully saturated rings. The van der Waals surface area contributed by atoms with E-state index in [4.69, 9.17) is 13.9 Å². The van der Waals surface area contributed by atoms with E-state index >= 15 is 0 Å². The van der Waals surface area contributed by atoms with E-state index in [0.29, 0.717) is 38.6 Å². The zero-order valence-electron chi connectivity index (χ0n) is 17.8. The normalized spacial score (nSPS) is 20.4. The number of morpholine rings is 1. The molecule has 0 spiro atoms. The fourth-order valence-corrected chi connectivity index (χ4v) is 4.59. The van der Waals surface area contributed by atoms with Crippen molar-refractivity contribution in [1.82, 2.24) is 20.0 Å². The predicted molar refractivity (Wildman–Crippen MR) is 111 cm³/mol. The van der Waals surface area contributed by atoms with Gasteiger partial charge in [-0.2, -0.15) is 5.10 Å². The molecule has 166 valence electrons. The molecule has 5 rings (SSSR count). The SMILES string of the molecule is Cc1c(C(=O)N2CCOCC2)oc2c1-c1nn(CC(=O)NCC3CCCO3)cc1CC2.